The summed E-state index contributed by atoms with van der Waals surface area (Å²) in [6.07, 6.45) is 1.31. The van der Waals surface area contributed by atoms with E-state index in [1.165, 1.54) is 14.2 Å². The third kappa shape index (κ3) is 5.33. The van der Waals surface area contributed by atoms with Gasteiger partial charge in [0.1, 0.15) is 17.5 Å². The Balaban J connectivity index is 2.45. The maximum Gasteiger partial charge on any atom is 0.248 e. The van der Waals surface area contributed by atoms with E-state index in [1.807, 2.05) is 6.92 Å². The van der Waals surface area contributed by atoms with Gasteiger partial charge in [-0.25, -0.2) is 8.42 Å². The molecule has 0 radical (unpaired) electrons. The van der Waals surface area contributed by atoms with Gasteiger partial charge in [-0.1, -0.05) is 24.6 Å². The smallest absolute Gasteiger partial charge is 0.248 e. The molecule has 1 N–H and O–H groups in total. The summed E-state index contributed by atoms with van der Waals surface area (Å²) in [5.41, 5.74) is 1.51. The Hall–Kier alpha value is -2.45. The minimum atomic E-state index is -3.77. The van der Waals surface area contributed by atoms with E-state index >= 15 is 0 Å². The number of benzene rings is 2. The van der Waals surface area contributed by atoms with E-state index in [9.17, 15) is 13.2 Å². The molecule has 1 atom stereocenters. The number of halogens is 1. The molecule has 9 heteroatoms. The average molecular weight is 441 g/mol. The zero-order chi connectivity index (χ0) is 21.8. The second-order valence-corrected chi connectivity index (χ2v) is 8.74. The van der Waals surface area contributed by atoms with Gasteiger partial charge in [0, 0.05) is 11.1 Å². The molecule has 0 aliphatic heterocycles. The number of nitrogens with zero attached hydrogens (tertiary/aromatic N) is 1. The lowest BCUT2D eigenvalue weighted by atomic mass is 10.1. The Morgan fingerprint density at radius 2 is 1.86 bits per heavy atom. The van der Waals surface area contributed by atoms with E-state index in [1.54, 1.807) is 43.3 Å². The highest BCUT2D eigenvalue weighted by Crippen LogP contribution is 2.31. The average Bonchev–Trinajstić information content (AvgIpc) is 2.67. The third-order valence-electron chi connectivity index (χ3n) is 4.40. The lowest BCUT2D eigenvalue weighted by molar-refractivity contribution is -0.117. The van der Waals surface area contributed by atoms with Crippen LogP contribution in [0.15, 0.2) is 36.4 Å². The Bertz CT molecular complexity index is 994. The Morgan fingerprint density at radius 3 is 2.38 bits per heavy atom. The van der Waals surface area contributed by atoms with Crippen molar-refractivity contribution in [3.05, 3.63) is 47.0 Å². The molecule has 0 aliphatic carbocycles. The molecular formula is C20H25ClN2O5S. The van der Waals surface area contributed by atoms with Gasteiger partial charge in [0.15, 0.2) is 0 Å². The first-order chi connectivity index (χ1) is 13.6. The molecule has 0 spiro atoms. The lowest BCUT2D eigenvalue weighted by Gasteiger charge is -2.30. The topological polar surface area (TPSA) is 84.9 Å². The van der Waals surface area contributed by atoms with Gasteiger partial charge in [-0.2, -0.15) is 0 Å². The number of nitrogens with one attached hydrogen (secondary N) is 1. The number of methoxy groups -OCH3 is 2. The van der Waals surface area contributed by atoms with Gasteiger partial charge in [0.05, 0.1) is 31.9 Å². The molecule has 7 nitrogen and oxygen atoms in total. The molecule has 0 aliphatic rings. The molecule has 1 amide bonds. The third-order valence-corrected chi connectivity index (χ3v) is 5.99. The van der Waals surface area contributed by atoms with Crippen LogP contribution in [0.4, 0.5) is 11.4 Å². The monoisotopic (exact) mass is 440 g/mol. The standard InChI is InChI=1S/C20H25ClN2O5S/c1-6-18(20(24)22-17-12-15(27-3)9-10-19(17)28-4)23(29(5,25)26)14-8-7-13(2)16(21)11-14/h7-12,18H,6H2,1-5H3,(H,22,24)/t18-/m1/s1. The van der Waals surface area contributed by atoms with Gasteiger partial charge in [0.2, 0.25) is 15.9 Å². The second-order valence-electron chi connectivity index (χ2n) is 6.47. The summed E-state index contributed by atoms with van der Waals surface area (Å²) < 4.78 is 36.7. The number of anilines is 2. The summed E-state index contributed by atoms with van der Waals surface area (Å²) in [5, 5.41) is 3.17. The summed E-state index contributed by atoms with van der Waals surface area (Å²) in [5.74, 6) is 0.457. The first kappa shape index (κ1) is 22.8. The fourth-order valence-corrected chi connectivity index (χ4v) is 4.29. The molecule has 29 heavy (non-hydrogen) atoms. The van der Waals surface area contributed by atoms with Crippen molar-refractivity contribution >= 4 is 38.9 Å². The highest BCUT2D eigenvalue weighted by Gasteiger charge is 2.32. The van der Waals surface area contributed by atoms with Crippen molar-refractivity contribution in [3.8, 4) is 11.5 Å². The van der Waals surface area contributed by atoms with Crippen LogP contribution in [0.25, 0.3) is 0 Å². The highest BCUT2D eigenvalue weighted by atomic mass is 35.5. The summed E-state index contributed by atoms with van der Waals surface area (Å²) in [6.45, 7) is 3.55. The van der Waals surface area contributed by atoms with Gasteiger partial charge in [-0.3, -0.25) is 9.10 Å². The molecule has 0 aromatic heterocycles. The van der Waals surface area contributed by atoms with Crippen molar-refractivity contribution < 1.29 is 22.7 Å². The van der Waals surface area contributed by atoms with Crippen LogP contribution in [0.1, 0.15) is 18.9 Å². The summed E-state index contributed by atoms with van der Waals surface area (Å²) in [6, 6.07) is 8.86. The Kier molecular flexibility index (Phi) is 7.37. The quantitative estimate of drug-likeness (QED) is 0.673. The SMILES string of the molecule is CC[C@H](C(=O)Nc1cc(OC)ccc1OC)N(c1ccc(C)c(Cl)c1)S(C)(=O)=O. The molecule has 2 aromatic carbocycles. The number of carbonyl (C=O) groups excluding carboxylic acids is 1. The fraction of sp³-hybridized carbons (Fsp3) is 0.350. The minimum Gasteiger partial charge on any atom is -0.497 e. The van der Waals surface area contributed by atoms with E-state index in [2.05, 4.69) is 5.32 Å². The van der Waals surface area contributed by atoms with Crippen LogP contribution in [0.5, 0.6) is 11.5 Å². The Labute approximate surface area is 176 Å². The van der Waals surface area contributed by atoms with Gasteiger partial charge < -0.3 is 14.8 Å². The van der Waals surface area contributed by atoms with Crippen LogP contribution in [-0.2, 0) is 14.8 Å². The molecular weight excluding hydrogens is 416 g/mol. The molecule has 2 rings (SSSR count). The van der Waals surface area contributed by atoms with E-state index in [-0.39, 0.29) is 6.42 Å². The zero-order valence-corrected chi connectivity index (χ0v) is 18.6. The van der Waals surface area contributed by atoms with Crippen molar-refractivity contribution in [2.24, 2.45) is 0 Å². The van der Waals surface area contributed by atoms with E-state index in [0.717, 1.165) is 16.1 Å². The number of hydrogen-bond acceptors (Lipinski definition) is 5. The van der Waals surface area contributed by atoms with Crippen molar-refractivity contribution in [1.29, 1.82) is 0 Å². The number of hydrogen-bond donors (Lipinski definition) is 1. The van der Waals surface area contributed by atoms with Gasteiger partial charge in [-0.15, -0.1) is 0 Å². The van der Waals surface area contributed by atoms with Gasteiger partial charge in [0.25, 0.3) is 0 Å². The van der Waals surface area contributed by atoms with E-state index in [4.69, 9.17) is 21.1 Å². The van der Waals surface area contributed by atoms with Crippen LogP contribution >= 0.6 is 11.6 Å². The highest BCUT2D eigenvalue weighted by molar-refractivity contribution is 7.92. The molecule has 0 fully saturated rings. The molecule has 0 saturated carbocycles. The van der Waals surface area contributed by atoms with Crippen LogP contribution in [0, 0.1) is 6.92 Å². The number of ether oxygens (including phenoxy) is 2. The fourth-order valence-electron chi connectivity index (χ4n) is 2.91. The van der Waals surface area contributed by atoms with E-state index in [0.29, 0.717) is 27.9 Å². The minimum absolute atomic E-state index is 0.247. The first-order valence-corrected chi connectivity index (χ1v) is 11.1. The van der Waals surface area contributed by atoms with Crippen LogP contribution in [0.3, 0.4) is 0 Å². The molecule has 2 aromatic rings. The zero-order valence-electron chi connectivity index (χ0n) is 17.0. The maximum absolute atomic E-state index is 13.1. The maximum atomic E-state index is 13.1. The molecule has 0 unspecified atom stereocenters. The summed E-state index contributed by atoms with van der Waals surface area (Å²) in [7, 11) is -0.780. The number of carbonyl (C=O) groups is 1. The number of sulfonamides is 1. The second kappa shape index (κ2) is 9.37. The van der Waals surface area contributed by atoms with Gasteiger partial charge >= 0.3 is 0 Å². The van der Waals surface area contributed by atoms with Crippen LogP contribution < -0.4 is 19.1 Å². The summed E-state index contributed by atoms with van der Waals surface area (Å²) in [4.78, 5) is 13.1. The predicted octanol–water partition coefficient (Wildman–Crippen LogP) is 3.85. The number of amides is 1. The first-order valence-electron chi connectivity index (χ1n) is 8.90. The molecule has 158 valence electrons. The Morgan fingerprint density at radius 1 is 1.17 bits per heavy atom. The molecule has 0 saturated heterocycles. The van der Waals surface area contributed by atoms with Crippen molar-refractivity contribution in [2.75, 3.05) is 30.1 Å². The lowest BCUT2D eigenvalue weighted by Crippen LogP contribution is -2.47. The van der Waals surface area contributed by atoms with Gasteiger partial charge in [-0.05, 0) is 43.2 Å². The normalized spacial score (nSPS) is 12.2. The molecule has 0 bridgehead atoms. The van der Waals surface area contributed by atoms with Crippen LogP contribution in [0.2, 0.25) is 5.02 Å². The summed E-state index contributed by atoms with van der Waals surface area (Å²) >= 11 is 6.19. The van der Waals surface area contributed by atoms with Crippen molar-refractivity contribution in [2.45, 2.75) is 26.3 Å². The van der Waals surface area contributed by atoms with Crippen molar-refractivity contribution in [1.82, 2.24) is 0 Å². The van der Waals surface area contributed by atoms with Crippen LogP contribution in [-0.4, -0.2) is 40.8 Å². The van der Waals surface area contributed by atoms with Crippen molar-refractivity contribution in [3.63, 3.8) is 0 Å². The predicted molar refractivity (Wildman–Crippen MR) is 116 cm³/mol. The number of rotatable bonds is 8. The van der Waals surface area contributed by atoms with E-state index < -0.39 is 22.0 Å². The largest absolute Gasteiger partial charge is 0.497 e. The molecule has 0 heterocycles. The number of aryl methyl sites for hydroxylation is 1.